The molecular formula is C37H65N3O8SSi2. The van der Waals surface area contributed by atoms with Gasteiger partial charge in [-0.3, -0.25) is 0 Å². The van der Waals surface area contributed by atoms with Crippen LogP contribution in [0, 0.1) is 5.92 Å². The lowest BCUT2D eigenvalue weighted by atomic mass is 10.0. The highest BCUT2D eigenvalue weighted by atomic mass is 32.2. The smallest absolute Gasteiger partial charge is 0.407 e. The molecule has 0 heterocycles. The lowest BCUT2D eigenvalue weighted by molar-refractivity contribution is -0.100. The summed E-state index contributed by atoms with van der Waals surface area (Å²) in [7, 11) is -6.68. The fourth-order valence-corrected chi connectivity index (χ4v) is 8.03. The first-order valence-electron chi connectivity index (χ1n) is 17.9. The van der Waals surface area contributed by atoms with E-state index in [-0.39, 0.29) is 43.2 Å². The maximum Gasteiger partial charge on any atom is 0.407 e. The molecule has 0 bridgehead atoms. The molecule has 0 saturated heterocycles. The molecule has 0 aliphatic rings. The molecule has 51 heavy (non-hydrogen) atoms. The molecule has 0 unspecified atom stereocenters. The zero-order valence-electron chi connectivity index (χ0n) is 32.9. The number of rotatable bonds is 22. The minimum atomic E-state index is -4.08. The molecule has 0 radical (unpaired) electrons. The Hall–Kier alpha value is -2.47. The number of alkyl carbamates (subject to hydrolysis) is 1. The third kappa shape index (κ3) is 18.2. The van der Waals surface area contributed by atoms with Gasteiger partial charge in [0.1, 0.15) is 18.1 Å². The Bertz CT molecular complexity index is 1440. The first kappa shape index (κ1) is 44.7. The Labute approximate surface area is 310 Å². The van der Waals surface area contributed by atoms with Crippen LogP contribution < -0.4 is 15.8 Å². The SMILES string of the molecule is CC(C)CN(C[C@@H](OCOCC[Si](C)(C)C)[C@H](Cc1ccccc1)NC(=O)OC(C)(C)C)S(=O)(=O)c1ccc(OCOCC[Si](C)(C)C)c(N)c1. The van der Waals surface area contributed by atoms with Crippen molar-refractivity contribution in [3.63, 3.8) is 0 Å². The molecule has 0 aromatic heterocycles. The van der Waals surface area contributed by atoms with E-state index in [0.717, 1.165) is 17.7 Å². The predicted molar refractivity (Wildman–Crippen MR) is 211 cm³/mol. The molecule has 1 amide bonds. The normalized spacial score (nSPS) is 14.1. The Morgan fingerprint density at radius 1 is 0.882 bits per heavy atom. The summed E-state index contributed by atoms with van der Waals surface area (Å²) in [5, 5.41) is 2.99. The van der Waals surface area contributed by atoms with E-state index in [0.29, 0.717) is 25.4 Å². The molecule has 2 rings (SSSR count). The second-order valence-electron chi connectivity index (χ2n) is 16.9. The molecule has 11 nitrogen and oxygen atoms in total. The summed E-state index contributed by atoms with van der Waals surface area (Å²) in [6.07, 6.45) is -1.05. The van der Waals surface area contributed by atoms with Crippen molar-refractivity contribution in [1.82, 2.24) is 9.62 Å². The van der Waals surface area contributed by atoms with Crippen LogP contribution in [0.2, 0.25) is 51.4 Å². The zero-order valence-corrected chi connectivity index (χ0v) is 35.7. The van der Waals surface area contributed by atoms with Gasteiger partial charge in [0.25, 0.3) is 0 Å². The largest absolute Gasteiger partial charge is 0.465 e. The average molecular weight is 768 g/mol. The van der Waals surface area contributed by atoms with Crippen LogP contribution in [-0.2, 0) is 35.4 Å². The fourth-order valence-electron chi connectivity index (χ4n) is 4.86. The summed E-state index contributed by atoms with van der Waals surface area (Å²) in [4.78, 5) is 13.2. The van der Waals surface area contributed by atoms with Gasteiger partial charge in [-0.25, -0.2) is 13.2 Å². The number of hydrogen-bond donors (Lipinski definition) is 2. The number of carbonyl (C=O) groups excluding carboxylic acids is 1. The molecule has 3 N–H and O–H groups in total. The summed E-state index contributed by atoms with van der Waals surface area (Å²) in [5.74, 6) is 0.326. The molecule has 2 atom stereocenters. The highest BCUT2D eigenvalue weighted by Crippen LogP contribution is 2.28. The fraction of sp³-hybridized carbons (Fsp3) is 0.649. The van der Waals surface area contributed by atoms with Crippen LogP contribution in [-0.4, -0.2) is 92.6 Å². The molecule has 0 spiro atoms. The van der Waals surface area contributed by atoms with Gasteiger partial charge >= 0.3 is 6.09 Å². The van der Waals surface area contributed by atoms with E-state index in [2.05, 4.69) is 44.6 Å². The van der Waals surface area contributed by atoms with Gasteiger partial charge in [-0.15, -0.1) is 0 Å². The van der Waals surface area contributed by atoms with E-state index < -0.39 is 50.0 Å². The molecule has 0 aliphatic heterocycles. The minimum Gasteiger partial charge on any atom is -0.465 e. The topological polar surface area (TPSA) is 139 Å². The first-order chi connectivity index (χ1) is 23.6. The van der Waals surface area contributed by atoms with Crippen LogP contribution in [0.4, 0.5) is 10.5 Å². The van der Waals surface area contributed by atoms with E-state index in [1.807, 2.05) is 44.2 Å². The zero-order chi connectivity index (χ0) is 38.5. The maximum atomic E-state index is 14.4. The molecule has 290 valence electrons. The number of nitrogens with one attached hydrogen (secondary N) is 1. The van der Waals surface area contributed by atoms with Crippen molar-refractivity contribution < 1.29 is 36.9 Å². The first-order valence-corrected chi connectivity index (χ1v) is 26.7. The number of carbonyl (C=O) groups is 1. The average Bonchev–Trinajstić information content (AvgIpc) is 2.98. The molecular weight excluding hydrogens is 703 g/mol. The van der Waals surface area contributed by atoms with Gasteiger partial charge in [0.2, 0.25) is 10.0 Å². The number of nitrogens with zero attached hydrogens (tertiary/aromatic N) is 1. The number of hydrogen-bond acceptors (Lipinski definition) is 9. The predicted octanol–water partition coefficient (Wildman–Crippen LogP) is 7.44. The Kier molecular flexibility index (Phi) is 17.6. The lowest BCUT2D eigenvalue weighted by Gasteiger charge is -2.34. The minimum absolute atomic E-state index is 0.0203. The van der Waals surface area contributed by atoms with Crippen LogP contribution in [0.15, 0.2) is 53.4 Å². The second kappa shape index (κ2) is 20.1. The number of anilines is 1. The number of sulfonamides is 1. The summed E-state index contributed by atoms with van der Waals surface area (Å²) < 4.78 is 59.4. The Morgan fingerprint density at radius 3 is 2.00 bits per heavy atom. The van der Waals surface area contributed by atoms with Gasteiger partial charge in [0.15, 0.2) is 6.79 Å². The standard InChI is InChI=1S/C37H65N3O8SSi2/c1-29(2)25-40(49(42,43)31-17-18-34(32(38)24-31)46-27-44-19-21-50(6,7)8)26-35(47-28-45-20-22-51(9,10)11)33(23-30-15-13-12-14-16-30)39-36(41)48-37(3,4)5/h12-18,24,29,33,35H,19-23,25-28,38H2,1-11H3,(H,39,41)/t33-,35+/m0/s1. The summed E-state index contributed by atoms with van der Waals surface area (Å²) in [6.45, 7) is 24.1. The molecule has 0 saturated carbocycles. The number of ether oxygens (including phenoxy) is 5. The summed E-state index contributed by atoms with van der Waals surface area (Å²) in [5.41, 5.74) is 6.71. The van der Waals surface area contributed by atoms with Crippen molar-refractivity contribution in [3.8, 4) is 5.75 Å². The van der Waals surface area contributed by atoms with Crippen LogP contribution >= 0.6 is 0 Å². The molecule has 14 heteroatoms. The molecule has 0 fully saturated rings. The van der Waals surface area contributed by atoms with Crippen LogP contribution in [0.25, 0.3) is 0 Å². The van der Waals surface area contributed by atoms with Gasteiger partial charge in [-0.05, 0) is 69.0 Å². The van der Waals surface area contributed by atoms with Gasteiger partial charge < -0.3 is 34.7 Å². The highest BCUT2D eigenvalue weighted by Gasteiger charge is 2.34. The number of benzene rings is 2. The third-order valence-electron chi connectivity index (χ3n) is 7.68. The maximum absolute atomic E-state index is 14.4. The van der Waals surface area contributed by atoms with Gasteiger partial charge in [-0.1, -0.05) is 83.5 Å². The van der Waals surface area contributed by atoms with Crippen LogP contribution in [0.1, 0.15) is 40.2 Å². The van der Waals surface area contributed by atoms with Crippen molar-refractivity contribution in [3.05, 3.63) is 54.1 Å². The monoisotopic (exact) mass is 767 g/mol. The van der Waals surface area contributed by atoms with Gasteiger partial charge in [0.05, 0.1) is 22.7 Å². The van der Waals surface area contributed by atoms with Crippen molar-refractivity contribution in [2.75, 3.05) is 45.6 Å². The number of amides is 1. The summed E-state index contributed by atoms with van der Waals surface area (Å²) in [6, 6.07) is 15.4. The van der Waals surface area contributed by atoms with Crippen molar-refractivity contribution in [1.29, 1.82) is 0 Å². The van der Waals surface area contributed by atoms with Crippen LogP contribution in [0.5, 0.6) is 5.75 Å². The quantitative estimate of drug-likeness (QED) is 0.0542. The van der Waals surface area contributed by atoms with E-state index >= 15 is 0 Å². The van der Waals surface area contributed by atoms with E-state index in [4.69, 9.17) is 29.4 Å². The van der Waals surface area contributed by atoms with E-state index in [1.165, 1.54) is 16.4 Å². The Morgan fingerprint density at radius 2 is 1.47 bits per heavy atom. The summed E-state index contributed by atoms with van der Waals surface area (Å²) >= 11 is 0. The second-order valence-corrected chi connectivity index (χ2v) is 30.1. The number of nitrogen functional groups attached to an aromatic ring is 1. The van der Waals surface area contributed by atoms with Crippen molar-refractivity contribution >= 4 is 38.0 Å². The van der Waals surface area contributed by atoms with Gasteiger partial charge in [-0.2, -0.15) is 4.31 Å². The molecule has 0 aliphatic carbocycles. The van der Waals surface area contributed by atoms with Crippen LogP contribution in [0.3, 0.4) is 0 Å². The number of nitrogens with two attached hydrogens (primary N) is 1. The van der Waals surface area contributed by atoms with E-state index in [1.54, 1.807) is 26.8 Å². The lowest BCUT2D eigenvalue weighted by Crippen LogP contribution is -2.53. The van der Waals surface area contributed by atoms with E-state index in [9.17, 15) is 13.2 Å². The van der Waals surface area contributed by atoms with Crippen molar-refractivity contribution in [2.45, 2.75) is 115 Å². The van der Waals surface area contributed by atoms with Crippen molar-refractivity contribution in [2.24, 2.45) is 5.92 Å². The third-order valence-corrected chi connectivity index (χ3v) is 12.9. The molecule has 2 aromatic carbocycles. The molecule has 2 aromatic rings. The Balaban J connectivity index is 2.42. The highest BCUT2D eigenvalue weighted by molar-refractivity contribution is 7.89. The van der Waals surface area contributed by atoms with Gasteiger partial charge in [0, 0.05) is 42.5 Å².